The summed E-state index contributed by atoms with van der Waals surface area (Å²) in [6, 6.07) is 12.4. The lowest BCUT2D eigenvalue weighted by atomic mass is 10.1. The molecule has 2 aromatic carbocycles. The van der Waals surface area contributed by atoms with Gasteiger partial charge in [-0.3, -0.25) is 9.59 Å². The van der Waals surface area contributed by atoms with Crippen LogP contribution in [0.4, 0.5) is 5.69 Å². The topological polar surface area (TPSA) is 37.4 Å². The first kappa shape index (κ1) is 12.1. The molecule has 1 aliphatic rings. The highest BCUT2D eigenvalue weighted by Gasteiger charge is 2.36. The molecule has 3 rings (SSSR count). The molecule has 94 valence electrons. The van der Waals surface area contributed by atoms with Crippen LogP contribution in [0.3, 0.4) is 0 Å². The molecule has 0 fully saturated rings. The SMILES string of the molecule is Cc1cc(Br)cc(N2C(=O)c3ccccc3C2=O)c1. The maximum absolute atomic E-state index is 12.3. The van der Waals surface area contributed by atoms with Gasteiger partial charge in [0.25, 0.3) is 11.8 Å². The van der Waals surface area contributed by atoms with Crippen LogP contribution in [0.25, 0.3) is 0 Å². The summed E-state index contributed by atoms with van der Waals surface area (Å²) in [5.74, 6) is -0.531. The van der Waals surface area contributed by atoms with E-state index in [2.05, 4.69) is 15.9 Å². The van der Waals surface area contributed by atoms with Crippen molar-refractivity contribution >= 4 is 33.4 Å². The molecule has 0 saturated heterocycles. The average Bonchev–Trinajstić information content (AvgIpc) is 2.61. The molecule has 3 nitrogen and oxygen atoms in total. The number of anilines is 1. The first-order valence-corrected chi connectivity index (χ1v) is 6.62. The Morgan fingerprint density at radius 3 is 2.05 bits per heavy atom. The molecule has 19 heavy (non-hydrogen) atoms. The van der Waals surface area contributed by atoms with Gasteiger partial charge in [-0.1, -0.05) is 28.1 Å². The minimum atomic E-state index is -0.266. The maximum atomic E-state index is 12.3. The number of rotatable bonds is 1. The third kappa shape index (κ3) is 1.88. The number of imide groups is 1. The Labute approximate surface area is 119 Å². The summed E-state index contributed by atoms with van der Waals surface area (Å²) in [6.45, 7) is 1.92. The zero-order chi connectivity index (χ0) is 13.6. The van der Waals surface area contributed by atoms with Gasteiger partial charge in [0.1, 0.15) is 0 Å². The van der Waals surface area contributed by atoms with Crippen LogP contribution < -0.4 is 4.90 Å². The summed E-state index contributed by atoms with van der Waals surface area (Å²) < 4.78 is 0.846. The smallest absolute Gasteiger partial charge is 0.266 e. The van der Waals surface area contributed by atoms with Gasteiger partial charge in [0.05, 0.1) is 16.8 Å². The molecule has 0 unspecified atom stereocenters. The van der Waals surface area contributed by atoms with Gasteiger partial charge in [0.2, 0.25) is 0 Å². The molecule has 0 atom stereocenters. The van der Waals surface area contributed by atoms with E-state index in [4.69, 9.17) is 0 Å². The van der Waals surface area contributed by atoms with E-state index in [9.17, 15) is 9.59 Å². The number of nitrogens with zero attached hydrogens (tertiary/aromatic N) is 1. The van der Waals surface area contributed by atoms with Gasteiger partial charge in [-0.05, 0) is 42.8 Å². The number of carbonyl (C=O) groups excluding carboxylic acids is 2. The standard InChI is InChI=1S/C15H10BrNO2/c1-9-6-10(16)8-11(7-9)17-14(18)12-4-2-3-5-13(12)15(17)19/h2-8H,1H3. The summed E-state index contributed by atoms with van der Waals surface area (Å²) in [6.07, 6.45) is 0. The number of amides is 2. The van der Waals surface area contributed by atoms with Crippen LogP contribution in [0, 0.1) is 6.92 Å². The number of hydrogen-bond donors (Lipinski definition) is 0. The molecule has 0 spiro atoms. The molecule has 0 N–H and O–H groups in total. The van der Waals surface area contributed by atoms with E-state index in [1.54, 1.807) is 30.3 Å². The second-order valence-electron chi connectivity index (χ2n) is 4.48. The molecule has 1 heterocycles. The fourth-order valence-electron chi connectivity index (χ4n) is 2.27. The van der Waals surface area contributed by atoms with E-state index < -0.39 is 0 Å². The first-order valence-electron chi connectivity index (χ1n) is 5.83. The van der Waals surface area contributed by atoms with Gasteiger partial charge in [-0.25, -0.2) is 4.90 Å². The number of fused-ring (bicyclic) bond motifs is 1. The first-order chi connectivity index (χ1) is 9.08. The molecule has 0 radical (unpaired) electrons. The highest BCUT2D eigenvalue weighted by atomic mass is 79.9. The Kier molecular flexibility index (Phi) is 2.75. The number of hydrogen-bond acceptors (Lipinski definition) is 2. The van der Waals surface area contributed by atoms with Gasteiger partial charge in [-0.15, -0.1) is 0 Å². The molecule has 0 aromatic heterocycles. The summed E-state index contributed by atoms with van der Waals surface area (Å²) in [4.78, 5) is 25.9. The summed E-state index contributed by atoms with van der Waals surface area (Å²) in [5.41, 5.74) is 2.51. The third-order valence-corrected chi connectivity index (χ3v) is 3.54. The normalized spacial score (nSPS) is 13.9. The molecular formula is C15H10BrNO2. The van der Waals surface area contributed by atoms with Crippen LogP contribution in [0.5, 0.6) is 0 Å². The second kappa shape index (κ2) is 4.31. The zero-order valence-corrected chi connectivity index (χ0v) is 11.8. The Hall–Kier alpha value is -1.94. The molecular weight excluding hydrogens is 306 g/mol. The predicted octanol–water partition coefficient (Wildman–Crippen LogP) is 3.56. The van der Waals surface area contributed by atoms with Crippen LogP contribution in [-0.4, -0.2) is 11.8 Å². The van der Waals surface area contributed by atoms with Crippen molar-refractivity contribution in [2.24, 2.45) is 0 Å². The summed E-state index contributed by atoms with van der Waals surface area (Å²) in [7, 11) is 0. The van der Waals surface area contributed by atoms with Crippen molar-refractivity contribution in [1.29, 1.82) is 0 Å². The van der Waals surface area contributed by atoms with Gasteiger partial charge >= 0.3 is 0 Å². The number of halogens is 1. The van der Waals surface area contributed by atoms with E-state index in [-0.39, 0.29) is 11.8 Å². The Morgan fingerprint density at radius 1 is 0.947 bits per heavy atom. The summed E-state index contributed by atoms with van der Waals surface area (Å²) >= 11 is 3.39. The largest absolute Gasteiger partial charge is 0.268 e. The highest BCUT2D eigenvalue weighted by molar-refractivity contribution is 9.10. The van der Waals surface area contributed by atoms with E-state index in [0.29, 0.717) is 16.8 Å². The summed E-state index contributed by atoms with van der Waals surface area (Å²) in [5, 5.41) is 0. The predicted molar refractivity (Wildman–Crippen MR) is 76.5 cm³/mol. The lowest BCUT2D eigenvalue weighted by Gasteiger charge is -2.15. The number of benzene rings is 2. The lowest BCUT2D eigenvalue weighted by molar-refractivity contribution is 0.0926. The third-order valence-electron chi connectivity index (χ3n) is 3.08. The van der Waals surface area contributed by atoms with Crippen molar-refractivity contribution < 1.29 is 9.59 Å². The van der Waals surface area contributed by atoms with Gasteiger partial charge in [0.15, 0.2) is 0 Å². The zero-order valence-electron chi connectivity index (χ0n) is 10.2. The van der Waals surface area contributed by atoms with E-state index in [1.807, 2.05) is 19.1 Å². The fourth-order valence-corrected chi connectivity index (χ4v) is 2.87. The quantitative estimate of drug-likeness (QED) is 0.755. The van der Waals surface area contributed by atoms with Crippen molar-refractivity contribution in [3.05, 3.63) is 63.6 Å². The lowest BCUT2D eigenvalue weighted by Crippen LogP contribution is -2.29. The van der Waals surface area contributed by atoms with Gasteiger partial charge in [-0.2, -0.15) is 0 Å². The molecule has 1 aliphatic heterocycles. The fraction of sp³-hybridized carbons (Fsp3) is 0.0667. The Morgan fingerprint density at radius 2 is 1.53 bits per heavy atom. The van der Waals surface area contributed by atoms with E-state index in [1.165, 1.54) is 4.90 Å². The van der Waals surface area contributed by atoms with Crippen molar-refractivity contribution in [1.82, 2.24) is 0 Å². The Balaban J connectivity index is 2.14. The van der Waals surface area contributed by atoms with Crippen molar-refractivity contribution in [2.45, 2.75) is 6.92 Å². The van der Waals surface area contributed by atoms with E-state index in [0.717, 1.165) is 10.0 Å². The van der Waals surface area contributed by atoms with Gasteiger partial charge < -0.3 is 0 Å². The monoisotopic (exact) mass is 315 g/mol. The molecule has 0 bridgehead atoms. The van der Waals surface area contributed by atoms with Crippen LogP contribution in [-0.2, 0) is 0 Å². The van der Waals surface area contributed by atoms with Crippen LogP contribution in [0.2, 0.25) is 0 Å². The average molecular weight is 316 g/mol. The molecule has 4 heteroatoms. The Bertz CT molecular complexity index is 654. The number of carbonyl (C=O) groups is 2. The van der Waals surface area contributed by atoms with Crippen LogP contribution in [0.1, 0.15) is 26.3 Å². The molecule has 2 aromatic rings. The molecule has 2 amide bonds. The van der Waals surface area contributed by atoms with Crippen molar-refractivity contribution in [3.63, 3.8) is 0 Å². The molecule has 0 saturated carbocycles. The number of aryl methyl sites for hydroxylation is 1. The maximum Gasteiger partial charge on any atom is 0.266 e. The van der Waals surface area contributed by atoms with Gasteiger partial charge in [0, 0.05) is 4.47 Å². The minimum absolute atomic E-state index is 0.266. The van der Waals surface area contributed by atoms with Crippen molar-refractivity contribution in [2.75, 3.05) is 4.90 Å². The second-order valence-corrected chi connectivity index (χ2v) is 5.39. The van der Waals surface area contributed by atoms with Crippen LogP contribution in [0.15, 0.2) is 46.9 Å². The minimum Gasteiger partial charge on any atom is -0.268 e. The molecule has 0 aliphatic carbocycles. The van der Waals surface area contributed by atoms with Crippen molar-refractivity contribution in [3.8, 4) is 0 Å². The van der Waals surface area contributed by atoms with Crippen LogP contribution >= 0.6 is 15.9 Å². The highest BCUT2D eigenvalue weighted by Crippen LogP contribution is 2.30. The van der Waals surface area contributed by atoms with E-state index >= 15 is 0 Å².